The van der Waals surface area contributed by atoms with Gasteiger partial charge in [-0.3, -0.25) is 9.59 Å². The molecule has 0 unspecified atom stereocenters. The van der Waals surface area contributed by atoms with Gasteiger partial charge in [0.05, 0.1) is 66.9 Å². The van der Waals surface area contributed by atoms with Gasteiger partial charge in [-0.2, -0.15) is 0 Å². The average molecular weight is 821 g/mol. The predicted octanol–water partition coefficient (Wildman–Crippen LogP) is 15.6. The Hall–Kier alpha value is -1.66. The lowest BCUT2D eigenvalue weighted by Crippen LogP contribution is -2.41. The minimum atomic E-state index is -0.150. The quantitative estimate of drug-likeness (QED) is 0.0266. The van der Waals surface area contributed by atoms with Crippen molar-refractivity contribution in [1.82, 2.24) is 0 Å². The summed E-state index contributed by atoms with van der Waals surface area (Å²) in [5.41, 5.74) is 0. The smallest absolute Gasteiger partial charge is 0.310 e. The Kier molecular flexibility index (Phi) is 45.2. The number of nitrogens with zero attached hydrogens (tertiary/aromatic N) is 2. The molecular formula is C52H104N2O4+2. The summed E-state index contributed by atoms with van der Waals surface area (Å²) in [6.45, 7) is 16.7. The summed E-state index contributed by atoms with van der Waals surface area (Å²) in [6, 6.07) is 0. The monoisotopic (exact) mass is 821 g/mol. The molecule has 0 saturated heterocycles. The molecule has 0 radical (unpaired) electrons. The van der Waals surface area contributed by atoms with Crippen LogP contribution in [-0.2, 0) is 19.1 Å². The molecule has 6 nitrogen and oxygen atoms in total. The first-order valence-electron chi connectivity index (χ1n) is 25.3. The number of hydrogen-bond acceptors (Lipinski definition) is 4. The largest absolute Gasteiger partial charge is 0.435 e. The third-order valence-electron chi connectivity index (χ3n) is 12.0. The highest BCUT2D eigenvalue weighted by Crippen LogP contribution is 2.16. The van der Waals surface area contributed by atoms with Crippen LogP contribution in [-0.4, -0.2) is 75.3 Å². The Labute approximate surface area is 363 Å². The van der Waals surface area contributed by atoms with Crippen LogP contribution in [0.4, 0.5) is 0 Å². The molecule has 0 aliphatic heterocycles. The lowest BCUT2D eigenvalue weighted by Gasteiger charge is -2.30. The number of rotatable bonds is 44. The van der Waals surface area contributed by atoms with Gasteiger partial charge in [0.25, 0.3) is 0 Å². The highest BCUT2D eigenvalue weighted by molar-refractivity contribution is 5.70. The van der Waals surface area contributed by atoms with Gasteiger partial charge in [0.15, 0.2) is 0 Å². The average Bonchev–Trinajstić information content (AvgIpc) is 3.18. The molecule has 0 N–H and O–H groups in total. The van der Waals surface area contributed by atoms with Crippen LogP contribution in [0.3, 0.4) is 0 Å². The number of unbranched alkanes of at least 4 members (excludes halogenated alkanes) is 30. The number of carbonyl (C=O) groups is 2. The Bertz CT molecular complexity index is 902. The van der Waals surface area contributed by atoms with Gasteiger partial charge in [-0.15, -0.1) is 0 Å². The molecule has 0 saturated carbocycles. The molecule has 6 heteroatoms. The van der Waals surface area contributed by atoms with Crippen molar-refractivity contribution in [2.75, 3.05) is 54.4 Å². The maximum Gasteiger partial charge on any atom is 0.310 e. The standard InChI is InChI=1S/C28H56NO2.C24H48NO2/c1-5-7-8-9-10-11-14-17-20-23-26-29(3,4)27-24-21-18-15-12-13-16-19-22-25-28(30)31-6-2;1-5-7-8-9-16-19-22-25(3,4)23-20-17-14-12-10-11-13-15-18-21-24(26)27-6-2/h6H,2,5,7-27H2,1,3-4H3;6H,2,5,7-23H2,1,3-4H3/q2*+1. The van der Waals surface area contributed by atoms with Crippen LogP contribution in [0.2, 0.25) is 0 Å². The summed E-state index contributed by atoms with van der Waals surface area (Å²) in [6.07, 6.45) is 49.1. The predicted molar refractivity (Wildman–Crippen MR) is 254 cm³/mol. The van der Waals surface area contributed by atoms with Crippen molar-refractivity contribution in [2.24, 2.45) is 0 Å². The Morgan fingerprint density at radius 1 is 0.345 bits per heavy atom. The zero-order valence-electron chi connectivity index (χ0n) is 40.4. The molecule has 0 spiro atoms. The van der Waals surface area contributed by atoms with Crippen LogP contribution in [0, 0.1) is 0 Å². The summed E-state index contributed by atoms with van der Waals surface area (Å²) in [5, 5.41) is 0. The van der Waals surface area contributed by atoms with E-state index >= 15 is 0 Å². The first-order valence-corrected chi connectivity index (χ1v) is 25.3. The second kappa shape index (κ2) is 44.9. The Morgan fingerprint density at radius 2 is 0.534 bits per heavy atom. The first-order chi connectivity index (χ1) is 28.0. The van der Waals surface area contributed by atoms with E-state index in [9.17, 15) is 9.59 Å². The maximum atomic E-state index is 11.2. The van der Waals surface area contributed by atoms with E-state index in [2.05, 4.69) is 55.2 Å². The topological polar surface area (TPSA) is 52.6 Å². The van der Waals surface area contributed by atoms with Gasteiger partial charge in [-0.05, 0) is 64.2 Å². The van der Waals surface area contributed by atoms with E-state index in [-0.39, 0.29) is 11.9 Å². The molecule has 0 aromatic rings. The maximum absolute atomic E-state index is 11.2. The lowest BCUT2D eigenvalue weighted by atomic mass is 10.1. The number of esters is 2. The minimum Gasteiger partial charge on any atom is -0.435 e. The van der Waals surface area contributed by atoms with Crippen molar-refractivity contribution in [2.45, 2.75) is 245 Å². The fourth-order valence-electron chi connectivity index (χ4n) is 7.97. The molecule has 58 heavy (non-hydrogen) atoms. The number of quaternary nitrogens is 2. The van der Waals surface area contributed by atoms with Crippen molar-refractivity contribution < 1.29 is 28.0 Å². The summed E-state index contributed by atoms with van der Waals surface area (Å²) in [4.78, 5) is 22.4. The molecule has 0 fully saturated rings. The van der Waals surface area contributed by atoms with Crippen LogP contribution < -0.4 is 0 Å². The number of hydrogen-bond donors (Lipinski definition) is 0. The molecule has 0 aromatic carbocycles. The van der Waals surface area contributed by atoms with Gasteiger partial charge in [0.2, 0.25) is 0 Å². The van der Waals surface area contributed by atoms with E-state index < -0.39 is 0 Å². The Morgan fingerprint density at radius 3 is 0.741 bits per heavy atom. The molecule has 0 rings (SSSR count). The Balaban J connectivity index is 0. The van der Waals surface area contributed by atoms with Gasteiger partial charge in [-0.1, -0.05) is 181 Å². The van der Waals surface area contributed by atoms with Crippen molar-refractivity contribution >= 4 is 11.9 Å². The van der Waals surface area contributed by atoms with Gasteiger partial charge in [0, 0.05) is 12.8 Å². The van der Waals surface area contributed by atoms with Crippen LogP contribution in [0.5, 0.6) is 0 Å². The van der Waals surface area contributed by atoms with Crippen molar-refractivity contribution in [3.63, 3.8) is 0 Å². The normalized spacial score (nSPS) is 11.6. The molecule has 0 aliphatic carbocycles. The van der Waals surface area contributed by atoms with E-state index in [0.717, 1.165) is 25.7 Å². The zero-order chi connectivity index (χ0) is 43.3. The van der Waals surface area contributed by atoms with Gasteiger partial charge in [0.1, 0.15) is 0 Å². The molecule has 0 aliphatic rings. The van der Waals surface area contributed by atoms with E-state index in [1.165, 1.54) is 240 Å². The van der Waals surface area contributed by atoms with E-state index in [0.29, 0.717) is 12.8 Å². The van der Waals surface area contributed by atoms with Crippen molar-refractivity contribution in [3.05, 3.63) is 25.7 Å². The SMILES string of the molecule is C=COC(=O)CCCCCCCCCCC[N+](C)(C)CCCCCCCC.C=COC(=O)CCCCCCCCCCC[N+](C)(C)CCCCCCCCCCCC. The highest BCUT2D eigenvalue weighted by Gasteiger charge is 2.14. The third kappa shape index (κ3) is 48.7. The second-order valence-corrected chi connectivity index (χ2v) is 18.9. The van der Waals surface area contributed by atoms with Crippen LogP contribution in [0.1, 0.15) is 245 Å². The van der Waals surface area contributed by atoms with Gasteiger partial charge >= 0.3 is 11.9 Å². The van der Waals surface area contributed by atoms with E-state index in [4.69, 9.17) is 9.47 Å². The number of carbonyl (C=O) groups excluding carboxylic acids is 2. The van der Waals surface area contributed by atoms with Crippen molar-refractivity contribution in [3.8, 4) is 0 Å². The fraction of sp³-hybridized carbons (Fsp3) is 0.885. The third-order valence-corrected chi connectivity index (χ3v) is 12.0. The van der Waals surface area contributed by atoms with E-state index in [1.807, 2.05) is 0 Å². The second-order valence-electron chi connectivity index (χ2n) is 18.9. The van der Waals surface area contributed by atoms with Crippen LogP contribution >= 0.6 is 0 Å². The summed E-state index contributed by atoms with van der Waals surface area (Å²) in [7, 11) is 9.63. The minimum absolute atomic E-state index is 0.149. The van der Waals surface area contributed by atoms with Crippen LogP contribution in [0.15, 0.2) is 25.7 Å². The molecular weight excluding hydrogens is 717 g/mol. The van der Waals surface area contributed by atoms with E-state index in [1.54, 1.807) is 0 Å². The van der Waals surface area contributed by atoms with Gasteiger partial charge < -0.3 is 18.4 Å². The molecule has 0 heterocycles. The number of ether oxygens (including phenoxy) is 2. The summed E-state index contributed by atoms with van der Waals surface area (Å²) < 4.78 is 11.8. The summed E-state index contributed by atoms with van der Waals surface area (Å²) >= 11 is 0. The first kappa shape index (κ1) is 58.4. The van der Waals surface area contributed by atoms with Crippen LogP contribution in [0.25, 0.3) is 0 Å². The molecule has 0 aromatic heterocycles. The molecule has 0 bridgehead atoms. The summed E-state index contributed by atoms with van der Waals surface area (Å²) in [5.74, 6) is -0.299. The van der Waals surface area contributed by atoms with Crippen molar-refractivity contribution in [1.29, 1.82) is 0 Å². The molecule has 344 valence electrons. The zero-order valence-corrected chi connectivity index (χ0v) is 40.4. The molecule has 0 atom stereocenters. The van der Waals surface area contributed by atoms with Gasteiger partial charge in [-0.25, -0.2) is 0 Å². The molecule has 0 amide bonds. The lowest BCUT2D eigenvalue weighted by molar-refractivity contribution is -0.890. The fourth-order valence-corrected chi connectivity index (χ4v) is 7.97. The highest BCUT2D eigenvalue weighted by atomic mass is 16.5.